The van der Waals surface area contributed by atoms with Gasteiger partial charge in [-0.3, -0.25) is 9.36 Å². The Morgan fingerprint density at radius 3 is 2.74 bits per heavy atom. The summed E-state index contributed by atoms with van der Waals surface area (Å²) in [6.45, 7) is 3.23. The number of hydrogen-bond acceptors (Lipinski definition) is 5. The summed E-state index contributed by atoms with van der Waals surface area (Å²) in [5, 5.41) is 2.84. The van der Waals surface area contributed by atoms with Gasteiger partial charge in [0.25, 0.3) is 5.91 Å². The maximum Gasteiger partial charge on any atom is 0.275 e. The minimum atomic E-state index is -0.251. The van der Waals surface area contributed by atoms with E-state index in [4.69, 9.17) is 0 Å². The second-order valence-corrected chi connectivity index (χ2v) is 6.76. The molecule has 1 atom stereocenters. The Balaban J connectivity index is 1.53. The predicted molar refractivity (Wildman–Crippen MR) is 104 cm³/mol. The summed E-state index contributed by atoms with van der Waals surface area (Å²) in [5.74, 6) is 1.36. The van der Waals surface area contributed by atoms with Gasteiger partial charge in [-0.2, -0.15) is 0 Å². The highest BCUT2D eigenvalue weighted by molar-refractivity contribution is 6.02. The monoisotopic (exact) mass is 362 g/mol. The van der Waals surface area contributed by atoms with Crippen LogP contribution in [-0.2, 0) is 0 Å². The zero-order valence-corrected chi connectivity index (χ0v) is 15.2. The Hall–Kier alpha value is -3.22. The molecule has 0 saturated carbocycles. The number of rotatable bonds is 4. The molecule has 0 bridgehead atoms. The van der Waals surface area contributed by atoms with Gasteiger partial charge in [-0.25, -0.2) is 15.0 Å². The van der Waals surface area contributed by atoms with Gasteiger partial charge in [-0.05, 0) is 38.3 Å². The van der Waals surface area contributed by atoms with Crippen LogP contribution < -0.4 is 10.2 Å². The zero-order chi connectivity index (χ0) is 18.6. The predicted octanol–water partition coefficient (Wildman–Crippen LogP) is 3.29. The van der Waals surface area contributed by atoms with Gasteiger partial charge in [0, 0.05) is 30.5 Å². The molecule has 2 aromatic heterocycles. The van der Waals surface area contributed by atoms with Crippen LogP contribution in [0.1, 0.15) is 36.7 Å². The number of amides is 1. The van der Waals surface area contributed by atoms with Gasteiger partial charge in [0.2, 0.25) is 0 Å². The van der Waals surface area contributed by atoms with E-state index in [0.717, 1.165) is 18.1 Å². The Morgan fingerprint density at radius 2 is 1.93 bits per heavy atom. The summed E-state index contributed by atoms with van der Waals surface area (Å²) >= 11 is 0. The molecule has 7 nitrogen and oxygen atoms in total. The molecule has 1 aliphatic rings. The zero-order valence-electron chi connectivity index (χ0n) is 15.2. The highest BCUT2D eigenvalue weighted by Gasteiger charge is 2.20. The first-order chi connectivity index (χ1) is 13.2. The summed E-state index contributed by atoms with van der Waals surface area (Å²) < 4.78 is 1.75. The van der Waals surface area contributed by atoms with Gasteiger partial charge in [-0.15, -0.1) is 0 Å². The molecule has 1 amide bonds. The fourth-order valence-electron chi connectivity index (χ4n) is 3.36. The largest absolute Gasteiger partial charge is 0.354 e. The lowest BCUT2D eigenvalue weighted by atomic mass is 10.0. The van der Waals surface area contributed by atoms with Crippen molar-refractivity contribution in [1.29, 1.82) is 0 Å². The molecule has 0 radical (unpaired) electrons. The van der Waals surface area contributed by atoms with E-state index >= 15 is 0 Å². The Kier molecular flexibility index (Phi) is 4.82. The van der Waals surface area contributed by atoms with Crippen LogP contribution in [0.5, 0.6) is 0 Å². The number of carbonyl (C=O) groups excluding carboxylic acids is 1. The van der Waals surface area contributed by atoms with E-state index in [2.05, 4.69) is 32.1 Å². The fraction of sp³-hybridized carbons (Fsp3) is 0.300. The maximum absolute atomic E-state index is 12.4. The molecule has 1 saturated heterocycles. The van der Waals surface area contributed by atoms with Crippen LogP contribution >= 0.6 is 0 Å². The molecule has 138 valence electrons. The molecule has 4 rings (SSSR count). The van der Waals surface area contributed by atoms with Crippen LogP contribution in [0, 0.1) is 0 Å². The van der Waals surface area contributed by atoms with E-state index < -0.39 is 0 Å². The first kappa shape index (κ1) is 17.2. The van der Waals surface area contributed by atoms with E-state index in [0.29, 0.717) is 17.6 Å². The number of anilines is 2. The van der Waals surface area contributed by atoms with Crippen LogP contribution in [0.15, 0.2) is 55.2 Å². The quantitative estimate of drug-likeness (QED) is 0.771. The van der Waals surface area contributed by atoms with E-state index in [1.165, 1.54) is 19.3 Å². The highest BCUT2D eigenvalue weighted by atomic mass is 16.1. The van der Waals surface area contributed by atoms with Gasteiger partial charge < -0.3 is 10.2 Å². The van der Waals surface area contributed by atoms with Gasteiger partial charge in [0.15, 0.2) is 0 Å². The third-order valence-corrected chi connectivity index (χ3v) is 4.85. The van der Waals surface area contributed by atoms with E-state index in [-0.39, 0.29) is 5.91 Å². The molecule has 7 heteroatoms. The topological polar surface area (TPSA) is 75.9 Å². The number of nitrogens with zero attached hydrogens (tertiary/aromatic N) is 5. The van der Waals surface area contributed by atoms with Gasteiger partial charge in [0.05, 0.1) is 0 Å². The number of imidazole rings is 1. The highest BCUT2D eigenvalue weighted by Crippen LogP contribution is 2.23. The molecule has 1 aliphatic heterocycles. The SMILES string of the molecule is C[C@@H]1CCCCN1c1cc(-n2cnc(C(=O)Nc3ccccc3)c2)ncn1. The molecule has 0 aliphatic carbocycles. The number of piperidine rings is 1. The molecule has 1 N–H and O–H groups in total. The van der Waals surface area contributed by atoms with Crippen molar-refractivity contribution in [1.82, 2.24) is 19.5 Å². The summed E-state index contributed by atoms with van der Waals surface area (Å²) in [7, 11) is 0. The molecule has 1 fully saturated rings. The first-order valence-corrected chi connectivity index (χ1v) is 9.20. The number of benzene rings is 1. The Morgan fingerprint density at radius 1 is 1.11 bits per heavy atom. The van der Waals surface area contributed by atoms with E-state index in [1.807, 2.05) is 36.4 Å². The van der Waals surface area contributed by atoms with Gasteiger partial charge in [0.1, 0.15) is 30.0 Å². The van der Waals surface area contributed by atoms with Crippen LogP contribution in [0.25, 0.3) is 5.82 Å². The summed E-state index contributed by atoms with van der Waals surface area (Å²) in [5.41, 5.74) is 1.07. The number of nitrogens with one attached hydrogen (secondary N) is 1. The molecule has 0 unspecified atom stereocenters. The standard InChI is InChI=1S/C20H22N6O/c1-15-7-5-6-10-26(15)19-11-18(21-13-22-19)25-12-17(23-14-25)20(27)24-16-8-3-2-4-9-16/h2-4,8-9,11-15H,5-7,10H2,1H3,(H,24,27)/t15-/m1/s1. The normalized spacial score (nSPS) is 16.9. The lowest BCUT2D eigenvalue weighted by Crippen LogP contribution is -2.38. The van der Waals surface area contributed by atoms with Crippen molar-refractivity contribution in [2.24, 2.45) is 0 Å². The van der Waals surface area contributed by atoms with Crippen molar-refractivity contribution in [3.8, 4) is 5.82 Å². The number of aromatic nitrogens is 4. The molecular formula is C20H22N6O. The second kappa shape index (κ2) is 7.57. The Labute approximate surface area is 158 Å². The molecule has 3 aromatic rings. The third kappa shape index (κ3) is 3.81. The van der Waals surface area contributed by atoms with Crippen LogP contribution in [0.2, 0.25) is 0 Å². The van der Waals surface area contributed by atoms with Crippen LogP contribution in [0.3, 0.4) is 0 Å². The molecule has 1 aromatic carbocycles. The second-order valence-electron chi connectivity index (χ2n) is 6.76. The van der Waals surface area contributed by atoms with Crippen molar-refractivity contribution >= 4 is 17.4 Å². The van der Waals surface area contributed by atoms with Crippen LogP contribution in [-0.4, -0.2) is 38.0 Å². The maximum atomic E-state index is 12.4. The van der Waals surface area contributed by atoms with E-state index in [1.54, 1.807) is 23.4 Å². The van der Waals surface area contributed by atoms with E-state index in [9.17, 15) is 4.79 Å². The van der Waals surface area contributed by atoms with Crippen molar-refractivity contribution in [2.45, 2.75) is 32.2 Å². The molecule has 27 heavy (non-hydrogen) atoms. The summed E-state index contributed by atoms with van der Waals surface area (Å²) in [6, 6.07) is 11.7. The minimum Gasteiger partial charge on any atom is -0.354 e. The number of carbonyl (C=O) groups is 1. The van der Waals surface area contributed by atoms with Gasteiger partial charge >= 0.3 is 0 Å². The van der Waals surface area contributed by atoms with Gasteiger partial charge in [-0.1, -0.05) is 18.2 Å². The molecule has 0 spiro atoms. The minimum absolute atomic E-state index is 0.251. The van der Waals surface area contributed by atoms with Crippen molar-refractivity contribution in [3.05, 3.63) is 60.9 Å². The molecular weight excluding hydrogens is 340 g/mol. The lowest BCUT2D eigenvalue weighted by molar-refractivity contribution is 0.102. The average Bonchev–Trinajstić information content (AvgIpc) is 3.20. The number of para-hydroxylation sites is 1. The molecule has 3 heterocycles. The fourth-order valence-corrected chi connectivity index (χ4v) is 3.36. The first-order valence-electron chi connectivity index (χ1n) is 9.20. The lowest BCUT2D eigenvalue weighted by Gasteiger charge is -2.34. The third-order valence-electron chi connectivity index (χ3n) is 4.85. The average molecular weight is 362 g/mol. The van der Waals surface area contributed by atoms with Crippen molar-refractivity contribution in [2.75, 3.05) is 16.8 Å². The van der Waals surface area contributed by atoms with Crippen molar-refractivity contribution < 1.29 is 4.79 Å². The summed E-state index contributed by atoms with van der Waals surface area (Å²) in [4.78, 5) is 27.7. The summed E-state index contributed by atoms with van der Waals surface area (Å²) in [6.07, 6.45) is 8.47. The van der Waals surface area contributed by atoms with Crippen molar-refractivity contribution in [3.63, 3.8) is 0 Å². The van der Waals surface area contributed by atoms with Crippen LogP contribution in [0.4, 0.5) is 11.5 Å². The Bertz CT molecular complexity index is 923. The number of hydrogen-bond donors (Lipinski definition) is 1. The smallest absolute Gasteiger partial charge is 0.275 e.